The van der Waals surface area contributed by atoms with Crippen molar-refractivity contribution in [2.75, 3.05) is 30.4 Å². The maximum atomic E-state index is 12.2. The fourth-order valence-corrected chi connectivity index (χ4v) is 3.94. The summed E-state index contributed by atoms with van der Waals surface area (Å²) >= 11 is 1.95. The third kappa shape index (κ3) is 4.33. The lowest BCUT2D eigenvalue weighted by Gasteiger charge is -2.22. The van der Waals surface area contributed by atoms with Crippen molar-refractivity contribution in [3.05, 3.63) is 42.2 Å². The van der Waals surface area contributed by atoms with Crippen molar-refractivity contribution in [2.24, 2.45) is 0 Å². The van der Waals surface area contributed by atoms with Crippen LogP contribution in [0.2, 0.25) is 0 Å². The van der Waals surface area contributed by atoms with Crippen molar-refractivity contribution in [3.8, 4) is 0 Å². The van der Waals surface area contributed by atoms with Gasteiger partial charge in [0.1, 0.15) is 6.33 Å². The number of likely N-dealkylation sites (N-methyl/N-ethyl adjacent to an activating group) is 1. The summed E-state index contributed by atoms with van der Waals surface area (Å²) in [7, 11) is 2.00. The summed E-state index contributed by atoms with van der Waals surface area (Å²) in [5.74, 6) is 2.73. The Hall–Kier alpha value is -1.86. The molecule has 0 saturated carbocycles. The molecule has 1 aromatic carbocycles. The third-order valence-corrected chi connectivity index (χ3v) is 5.13. The van der Waals surface area contributed by atoms with Crippen LogP contribution in [0.15, 0.2) is 36.7 Å². The zero-order chi connectivity index (χ0) is 16.1. The Morgan fingerprint density at radius 1 is 1.43 bits per heavy atom. The van der Waals surface area contributed by atoms with Gasteiger partial charge in [-0.25, -0.2) is 0 Å². The molecule has 1 aliphatic rings. The summed E-state index contributed by atoms with van der Waals surface area (Å²) in [4.78, 5) is 14.4. The predicted molar refractivity (Wildman–Crippen MR) is 92.6 cm³/mol. The van der Waals surface area contributed by atoms with Gasteiger partial charge in [0.25, 0.3) is 0 Å². The number of benzene rings is 1. The second-order valence-corrected chi connectivity index (χ2v) is 6.90. The number of amides is 1. The molecule has 0 unspecified atom stereocenters. The maximum Gasteiger partial charge on any atom is 0.240 e. The van der Waals surface area contributed by atoms with Crippen molar-refractivity contribution < 1.29 is 4.79 Å². The van der Waals surface area contributed by atoms with E-state index in [9.17, 15) is 4.79 Å². The molecule has 7 heteroatoms. The Kier molecular flexibility index (Phi) is 5.30. The van der Waals surface area contributed by atoms with E-state index < -0.39 is 0 Å². The number of nitrogens with one attached hydrogen (secondary N) is 1. The van der Waals surface area contributed by atoms with Crippen molar-refractivity contribution in [1.82, 2.24) is 19.7 Å². The van der Waals surface area contributed by atoms with Crippen LogP contribution in [0.5, 0.6) is 0 Å². The van der Waals surface area contributed by atoms with Gasteiger partial charge in [-0.05, 0) is 24.8 Å². The first-order valence-electron chi connectivity index (χ1n) is 7.72. The second kappa shape index (κ2) is 7.61. The lowest BCUT2D eigenvalue weighted by atomic mass is 10.2. The molecule has 3 rings (SSSR count). The number of hydrogen-bond acceptors (Lipinski definition) is 5. The van der Waals surface area contributed by atoms with E-state index >= 15 is 0 Å². The molecule has 0 radical (unpaired) electrons. The zero-order valence-electron chi connectivity index (χ0n) is 13.2. The highest BCUT2D eigenvalue weighted by molar-refractivity contribution is 7.99. The topological polar surface area (TPSA) is 63.1 Å². The van der Waals surface area contributed by atoms with Gasteiger partial charge >= 0.3 is 0 Å². The Morgan fingerprint density at radius 2 is 2.26 bits per heavy atom. The van der Waals surface area contributed by atoms with Gasteiger partial charge in [-0.15, -0.1) is 10.2 Å². The van der Waals surface area contributed by atoms with Crippen LogP contribution in [0.3, 0.4) is 0 Å². The van der Waals surface area contributed by atoms with Gasteiger partial charge in [-0.2, -0.15) is 11.8 Å². The summed E-state index contributed by atoms with van der Waals surface area (Å²) in [6, 6.07) is 10.5. The molecule has 0 aliphatic carbocycles. The van der Waals surface area contributed by atoms with E-state index in [0.29, 0.717) is 25.1 Å². The van der Waals surface area contributed by atoms with Gasteiger partial charge in [-0.1, -0.05) is 30.3 Å². The van der Waals surface area contributed by atoms with Crippen molar-refractivity contribution >= 4 is 23.6 Å². The standard InChI is InChI=1S/C16H21N5OS/c1-20(14-7-8-23-11-14)10-15(22)18-16-19-17-12-21(16)9-13-5-3-2-4-6-13/h2-6,12,14H,7-11H2,1H3,(H,18,19,22)/t14-/m1/s1. The predicted octanol–water partition coefficient (Wildman–Crippen LogP) is 1.70. The Balaban J connectivity index is 1.57. The highest BCUT2D eigenvalue weighted by Crippen LogP contribution is 2.21. The molecule has 2 heterocycles. The lowest BCUT2D eigenvalue weighted by Crippen LogP contribution is -2.38. The summed E-state index contributed by atoms with van der Waals surface area (Å²) in [5.41, 5.74) is 1.14. The number of anilines is 1. The number of thioether (sulfide) groups is 1. The van der Waals surface area contributed by atoms with E-state index in [-0.39, 0.29) is 5.91 Å². The molecular formula is C16H21N5OS. The monoisotopic (exact) mass is 331 g/mol. The van der Waals surface area contributed by atoms with E-state index in [4.69, 9.17) is 0 Å². The zero-order valence-corrected chi connectivity index (χ0v) is 14.0. The number of carbonyl (C=O) groups is 1. The van der Waals surface area contributed by atoms with Crippen LogP contribution >= 0.6 is 11.8 Å². The first kappa shape index (κ1) is 16.0. The first-order valence-corrected chi connectivity index (χ1v) is 8.87. The van der Waals surface area contributed by atoms with Crippen LogP contribution in [0.1, 0.15) is 12.0 Å². The summed E-state index contributed by atoms with van der Waals surface area (Å²) < 4.78 is 1.85. The molecular weight excluding hydrogens is 310 g/mol. The summed E-state index contributed by atoms with van der Waals surface area (Å²) in [6.45, 7) is 1.02. The summed E-state index contributed by atoms with van der Waals surface area (Å²) in [5, 5.41) is 10.8. The molecule has 1 aromatic heterocycles. The van der Waals surface area contributed by atoms with Gasteiger partial charge in [0.05, 0.1) is 13.1 Å². The van der Waals surface area contributed by atoms with Crippen molar-refractivity contribution in [1.29, 1.82) is 0 Å². The number of hydrogen-bond donors (Lipinski definition) is 1. The van der Waals surface area contributed by atoms with Crippen LogP contribution in [0, 0.1) is 0 Å². The van der Waals surface area contributed by atoms with Gasteiger partial charge in [0.2, 0.25) is 11.9 Å². The first-order chi connectivity index (χ1) is 11.2. The number of carbonyl (C=O) groups excluding carboxylic acids is 1. The van der Waals surface area contributed by atoms with E-state index in [2.05, 4.69) is 20.4 Å². The van der Waals surface area contributed by atoms with Gasteiger partial charge in [0.15, 0.2) is 0 Å². The Labute approximate surface area is 140 Å². The van der Waals surface area contributed by atoms with Crippen LogP contribution in [-0.4, -0.2) is 56.7 Å². The molecule has 1 atom stereocenters. The highest BCUT2D eigenvalue weighted by atomic mass is 32.2. The third-order valence-electron chi connectivity index (χ3n) is 3.98. The molecule has 1 fully saturated rings. The minimum absolute atomic E-state index is 0.0493. The van der Waals surface area contributed by atoms with Crippen LogP contribution < -0.4 is 5.32 Å². The molecule has 1 amide bonds. The largest absolute Gasteiger partial charge is 0.295 e. The SMILES string of the molecule is CN(CC(=O)Nc1nncn1Cc1ccccc1)[C@@H]1CCSC1. The maximum absolute atomic E-state index is 12.2. The lowest BCUT2D eigenvalue weighted by molar-refractivity contribution is -0.117. The Bertz CT molecular complexity index is 639. The molecule has 23 heavy (non-hydrogen) atoms. The Morgan fingerprint density at radius 3 is 3.00 bits per heavy atom. The molecule has 6 nitrogen and oxygen atoms in total. The highest BCUT2D eigenvalue weighted by Gasteiger charge is 2.22. The van der Waals surface area contributed by atoms with Crippen LogP contribution in [-0.2, 0) is 11.3 Å². The van der Waals surface area contributed by atoms with Crippen LogP contribution in [0.25, 0.3) is 0 Å². The smallest absolute Gasteiger partial charge is 0.240 e. The quantitative estimate of drug-likeness (QED) is 0.873. The fraction of sp³-hybridized carbons (Fsp3) is 0.438. The van der Waals surface area contributed by atoms with E-state index in [1.165, 1.54) is 5.75 Å². The summed E-state index contributed by atoms with van der Waals surface area (Å²) in [6.07, 6.45) is 2.79. The van der Waals surface area contributed by atoms with E-state index in [1.54, 1.807) is 6.33 Å². The minimum atomic E-state index is -0.0493. The van der Waals surface area contributed by atoms with E-state index in [1.807, 2.05) is 53.7 Å². The van der Waals surface area contributed by atoms with Gasteiger partial charge in [0, 0.05) is 11.8 Å². The van der Waals surface area contributed by atoms with E-state index in [0.717, 1.165) is 17.7 Å². The molecule has 1 N–H and O–H groups in total. The molecule has 1 aliphatic heterocycles. The normalized spacial score (nSPS) is 17.6. The average Bonchev–Trinajstić information content (AvgIpc) is 3.21. The average molecular weight is 331 g/mol. The minimum Gasteiger partial charge on any atom is -0.295 e. The number of nitrogens with zero attached hydrogens (tertiary/aromatic N) is 4. The van der Waals surface area contributed by atoms with Crippen LogP contribution in [0.4, 0.5) is 5.95 Å². The second-order valence-electron chi connectivity index (χ2n) is 5.75. The number of rotatable bonds is 6. The van der Waals surface area contributed by atoms with Crippen molar-refractivity contribution in [2.45, 2.75) is 19.0 Å². The van der Waals surface area contributed by atoms with Crippen molar-refractivity contribution in [3.63, 3.8) is 0 Å². The molecule has 2 aromatic rings. The molecule has 0 spiro atoms. The molecule has 122 valence electrons. The molecule has 0 bridgehead atoms. The molecule has 1 saturated heterocycles. The van der Waals surface area contributed by atoms with Gasteiger partial charge < -0.3 is 0 Å². The fourth-order valence-electron chi connectivity index (χ4n) is 2.64. The number of aromatic nitrogens is 3. The van der Waals surface area contributed by atoms with Gasteiger partial charge in [-0.3, -0.25) is 19.6 Å².